The average Bonchev–Trinajstić information content (AvgIpc) is 2.50. The topological polar surface area (TPSA) is 29.1 Å². The third-order valence-electron chi connectivity index (χ3n) is 2.60. The second-order valence-corrected chi connectivity index (χ2v) is 4.53. The Morgan fingerprint density at radius 2 is 1.55 bits per heavy atom. The lowest BCUT2D eigenvalue weighted by Gasteiger charge is -2.01. The van der Waals surface area contributed by atoms with Crippen LogP contribution < -0.4 is 5.32 Å². The molecule has 0 atom stereocenters. The van der Waals surface area contributed by atoms with Crippen molar-refractivity contribution in [3.05, 3.63) is 71.0 Å². The van der Waals surface area contributed by atoms with Gasteiger partial charge in [-0.2, -0.15) is 0 Å². The van der Waals surface area contributed by atoms with Crippen LogP contribution in [0.4, 0.5) is 4.39 Å². The number of nitrogens with one attached hydrogen (secondary N) is 1. The first-order chi connectivity index (χ1) is 10.5. The van der Waals surface area contributed by atoms with Gasteiger partial charge in [0.1, 0.15) is 5.82 Å². The number of hydrogen-bond acceptors (Lipinski definition) is 1. The lowest BCUT2D eigenvalue weighted by molar-refractivity contribution is 0.0955. The van der Waals surface area contributed by atoms with E-state index in [9.17, 15) is 9.18 Å². The van der Waals surface area contributed by atoms with Crippen LogP contribution >= 0.6 is 0 Å². The maximum Gasteiger partial charge on any atom is 0.251 e. The lowest BCUT2D eigenvalue weighted by Crippen LogP contribution is -2.22. The molecule has 0 saturated carbocycles. The monoisotopic (exact) mass is 303 g/mol. The van der Waals surface area contributed by atoms with Crippen molar-refractivity contribution in [2.24, 2.45) is 0 Å². The number of aryl methyl sites for hydroxylation is 2. The molecule has 1 amide bonds. The van der Waals surface area contributed by atoms with Crippen molar-refractivity contribution in [3.63, 3.8) is 0 Å². The second kappa shape index (κ2) is 11.5. The molecular formula is C19H26FNO. The SMILES string of the molecule is CC.CCNC(=O)c1cccc(C)c1.Cc1cccc(F)c1. The van der Waals surface area contributed by atoms with Crippen molar-refractivity contribution in [1.29, 1.82) is 0 Å². The van der Waals surface area contributed by atoms with Gasteiger partial charge in [0.05, 0.1) is 0 Å². The van der Waals surface area contributed by atoms with Crippen LogP contribution in [-0.4, -0.2) is 12.5 Å². The van der Waals surface area contributed by atoms with Gasteiger partial charge in [0, 0.05) is 12.1 Å². The number of rotatable bonds is 2. The van der Waals surface area contributed by atoms with E-state index < -0.39 is 0 Å². The van der Waals surface area contributed by atoms with Crippen LogP contribution in [0, 0.1) is 19.7 Å². The fourth-order valence-electron chi connectivity index (χ4n) is 1.65. The van der Waals surface area contributed by atoms with Gasteiger partial charge in [-0.25, -0.2) is 4.39 Å². The molecule has 1 N–H and O–H groups in total. The molecule has 2 nitrogen and oxygen atoms in total. The highest BCUT2D eigenvalue weighted by Crippen LogP contribution is 2.03. The van der Waals surface area contributed by atoms with E-state index in [1.54, 1.807) is 6.07 Å². The van der Waals surface area contributed by atoms with Gasteiger partial charge in [-0.05, 0) is 50.6 Å². The molecule has 0 aliphatic carbocycles. The van der Waals surface area contributed by atoms with Crippen molar-refractivity contribution in [3.8, 4) is 0 Å². The van der Waals surface area contributed by atoms with Crippen molar-refractivity contribution in [2.45, 2.75) is 34.6 Å². The summed E-state index contributed by atoms with van der Waals surface area (Å²) < 4.78 is 12.2. The predicted molar refractivity (Wildman–Crippen MR) is 91.7 cm³/mol. The Bertz CT molecular complexity index is 550. The van der Waals surface area contributed by atoms with Gasteiger partial charge in [0.15, 0.2) is 0 Å². The first-order valence-electron chi connectivity index (χ1n) is 7.60. The maximum atomic E-state index is 12.2. The van der Waals surface area contributed by atoms with Crippen LogP contribution in [0.1, 0.15) is 42.3 Å². The minimum Gasteiger partial charge on any atom is -0.352 e. The molecule has 0 aromatic heterocycles. The maximum absolute atomic E-state index is 12.2. The molecule has 120 valence electrons. The number of carbonyl (C=O) groups is 1. The van der Waals surface area contributed by atoms with E-state index in [2.05, 4.69) is 5.32 Å². The molecular weight excluding hydrogens is 277 g/mol. The Kier molecular flexibility index (Phi) is 10.4. The van der Waals surface area contributed by atoms with Gasteiger partial charge in [0.2, 0.25) is 0 Å². The molecule has 2 aromatic carbocycles. The summed E-state index contributed by atoms with van der Waals surface area (Å²) in [6.07, 6.45) is 0. The lowest BCUT2D eigenvalue weighted by atomic mass is 10.1. The minimum atomic E-state index is -0.162. The van der Waals surface area contributed by atoms with E-state index >= 15 is 0 Å². The molecule has 2 aromatic rings. The molecule has 0 aliphatic rings. The normalized spacial score (nSPS) is 8.82. The number of amides is 1. The third kappa shape index (κ3) is 8.20. The highest BCUT2D eigenvalue weighted by molar-refractivity contribution is 5.94. The molecule has 0 bridgehead atoms. The summed E-state index contributed by atoms with van der Waals surface area (Å²) in [6.45, 7) is 10.4. The van der Waals surface area contributed by atoms with Crippen molar-refractivity contribution < 1.29 is 9.18 Å². The van der Waals surface area contributed by atoms with Crippen molar-refractivity contribution in [1.82, 2.24) is 5.32 Å². The van der Waals surface area contributed by atoms with Crippen LogP contribution in [0.5, 0.6) is 0 Å². The van der Waals surface area contributed by atoms with Gasteiger partial charge in [0.25, 0.3) is 5.91 Å². The van der Waals surface area contributed by atoms with Gasteiger partial charge in [-0.3, -0.25) is 4.79 Å². The zero-order valence-corrected chi connectivity index (χ0v) is 14.1. The predicted octanol–water partition coefficient (Wildman–Crippen LogP) is 4.91. The van der Waals surface area contributed by atoms with Gasteiger partial charge in [-0.1, -0.05) is 43.7 Å². The largest absolute Gasteiger partial charge is 0.352 e. The van der Waals surface area contributed by atoms with Gasteiger partial charge < -0.3 is 5.32 Å². The number of hydrogen-bond donors (Lipinski definition) is 1. The van der Waals surface area contributed by atoms with E-state index in [0.29, 0.717) is 6.54 Å². The molecule has 3 heteroatoms. The standard InChI is InChI=1S/C10H13NO.C7H7F.C2H6/c1-3-11-10(12)9-6-4-5-8(2)7-9;1-6-3-2-4-7(8)5-6;1-2/h4-7H,3H2,1-2H3,(H,11,12);2-5H,1H3;1-2H3. The Balaban J connectivity index is 0.000000382. The fraction of sp³-hybridized carbons (Fsp3) is 0.316. The zero-order chi connectivity index (χ0) is 17.0. The molecule has 0 aliphatic heterocycles. The summed E-state index contributed by atoms with van der Waals surface area (Å²) in [5.74, 6) is -0.161. The van der Waals surface area contributed by atoms with Crippen LogP contribution in [0.2, 0.25) is 0 Å². The van der Waals surface area contributed by atoms with Gasteiger partial charge in [-0.15, -0.1) is 0 Å². The smallest absolute Gasteiger partial charge is 0.251 e. The molecule has 22 heavy (non-hydrogen) atoms. The van der Waals surface area contributed by atoms with Crippen LogP contribution in [0.15, 0.2) is 48.5 Å². The Labute approximate surface area is 133 Å². The molecule has 0 spiro atoms. The summed E-state index contributed by atoms with van der Waals surface area (Å²) in [4.78, 5) is 11.3. The van der Waals surface area contributed by atoms with Crippen molar-refractivity contribution in [2.75, 3.05) is 6.54 Å². The van der Waals surface area contributed by atoms with E-state index in [-0.39, 0.29) is 11.7 Å². The molecule has 0 saturated heterocycles. The summed E-state index contributed by atoms with van der Waals surface area (Å²) in [5, 5.41) is 2.75. The van der Waals surface area contributed by atoms with Gasteiger partial charge >= 0.3 is 0 Å². The highest BCUT2D eigenvalue weighted by atomic mass is 19.1. The van der Waals surface area contributed by atoms with Crippen LogP contribution in [0.3, 0.4) is 0 Å². The zero-order valence-electron chi connectivity index (χ0n) is 14.1. The molecule has 0 fully saturated rings. The van der Waals surface area contributed by atoms with E-state index in [4.69, 9.17) is 0 Å². The number of halogens is 1. The van der Waals surface area contributed by atoms with Crippen LogP contribution in [0.25, 0.3) is 0 Å². The Morgan fingerprint density at radius 1 is 1.00 bits per heavy atom. The number of carbonyl (C=O) groups excluding carboxylic acids is 1. The molecule has 0 heterocycles. The van der Waals surface area contributed by atoms with E-state index in [1.807, 2.05) is 65.0 Å². The molecule has 2 rings (SSSR count). The first-order valence-corrected chi connectivity index (χ1v) is 7.60. The van der Waals surface area contributed by atoms with Crippen LogP contribution in [-0.2, 0) is 0 Å². The minimum absolute atomic E-state index is 0.00111. The summed E-state index contributed by atoms with van der Waals surface area (Å²) >= 11 is 0. The summed E-state index contributed by atoms with van der Waals surface area (Å²) in [6, 6.07) is 14.1. The second-order valence-electron chi connectivity index (χ2n) is 4.53. The molecule has 0 radical (unpaired) electrons. The highest BCUT2D eigenvalue weighted by Gasteiger charge is 2.01. The third-order valence-corrected chi connectivity index (χ3v) is 2.60. The van der Waals surface area contributed by atoms with E-state index in [1.165, 1.54) is 12.1 Å². The molecule has 0 unspecified atom stereocenters. The van der Waals surface area contributed by atoms with Crippen molar-refractivity contribution >= 4 is 5.91 Å². The summed E-state index contributed by atoms with van der Waals surface area (Å²) in [7, 11) is 0. The fourth-order valence-corrected chi connectivity index (χ4v) is 1.65. The number of benzene rings is 2. The average molecular weight is 303 g/mol. The summed E-state index contributed by atoms with van der Waals surface area (Å²) in [5.41, 5.74) is 2.81. The first kappa shape index (κ1) is 19.8. The van der Waals surface area contributed by atoms with E-state index in [0.717, 1.165) is 16.7 Å². The Morgan fingerprint density at radius 3 is 1.95 bits per heavy atom. The quantitative estimate of drug-likeness (QED) is 0.839. The Hall–Kier alpha value is -2.16.